The molecule has 1 saturated carbocycles. The second-order valence-electron chi connectivity index (χ2n) is 7.70. The minimum Gasteiger partial charge on any atom is -0.378 e. The van der Waals surface area contributed by atoms with Crippen LogP contribution in [0.4, 0.5) is 17.3 Å². The monoisotopic (exact) mass is 395 g/mol. The Hall–Kier alpha value is -2.67. The van der Waals surface area contributed by atoms with Crippen molar-refractivity contribution in [3.05, 3.63) is 42.2 Å². The number of hydrogen-bond donors (Lipinski definition) is 2. The Bertz CT molecular complexity index is 797. The van der Waals surface area contributed by atoms with Crippen LogP contribution >= 0.6 is 0 Å². The van der Waals surface area contributed by atoms with Gasteiger partial charge in [-0.2, -0.15) is 0 Å². The first-order chi connectivity index (χ1) is 14.3. The number of carbonyl (C=O) groups is 1. The summed E-state index contributed by atoms with van der Waals surface area (Å²) < 4.78 is 5.45. The molecule has 1 aromatic carbocycles. The molecule has 0 spiro atoms. The molecule has 2 N–H and O–H groups in total. The number of benzene rings is 1. The van der Waals surface area contributed by atoms with Gasteiger partial charge in [-0.05, 0) is 25.0 Å². The van der Waals surface area contributed by atoms with Crippen LogP contribution in [0.15, 0.2) is 36.7 Å². The zero-order valence-corrected chi connectivity index (χ0v) is 16.8. The van der Waals surface area contributed by atoms with Crippen molar-refractivity contribution in [3.63, 3.8) is 0 Å². The molecule has 2 heterocycles. The SMILES string of the molecule is O=C(NC1CCCCCC1)c1cnc(Nc2ccccc2N2CCOCC2)nc1. The van der Waals surface area contributed by atoms with Gasteiger partial charge >= 0.3 is 0 Å². The van der Waals surface area contributed by atoms with E-state index in [2.05, 4.69) is 31.6 Å². The number of nitrogens with zero attached hydrogens (tertiary/aromatic N) is 3. The van der Waals surface area contributed by atoms with Crippen LogP contribution in [0.25, 0.3) is 0 Å². The zero-order valence-electron chi connectivity index (χ0n) is 16.8. The fourth-order valence-corrected chi connectivity index (χ4v) is 3.98. The van der Waals surface area contributed by atoms with Crippen molar-refractivity contribution in [2.75, 3.05) is 36.5 Å². The van der Waals surface area contributed by atoms with Gasteiger partial charge in [0.2, 0.25) is 5.95 Å². The summed E-state index contributed by atoms with van der Waals surface area (Å²) in [5, 5.41) is 6.43. The van der Waals surface area contributed by atoms with Crippen molar-refractivity contribution in [1.82, 2.24) is 15.3 Å². The van der Waals surface area contributed by atoms with E-state index >= 15 is 0 Å². The minimum atomic E-state index is -0.0860. The van der Waals surface area contributed by atoms with Crippen LogP contribution in [0.1, 0.15) is 48.9 Å². The normalized spacial score (nSPS) is 18.1. The molecule has 2 fully saturated rings. The highest BCUT2D eigenvalue weighted by atomic mass is 16.5. The number of aromatic nitrogens is 2. The second-order valence-corrected chi connectivity index (χ2v) is 7.70. The lowest BCUT2D eigenvalue weighted by Gasteiger charge is -2.30. The molecule has 0 atom stereocenters. The van der Waals surface area contributed by atoms with Gasteiger partial charge in [-0.25, -0.2) is 9.97 Å². The van der Waals surface area contributed by atoms with Crippen LogP contribution in [-0.4, -0.2) is 48.2 Å². The van der Waals surface area contributed by atoms with Crippen LogP contribution in [0, 0.1) is 0 Å². The Morgan fingerprint density at radius 3 is 2.41 bits per heavy atom. The first-order valence-electron chi connectivity index (χ1n) is 10.6. The summed E-state index contributed by atoms with van der Waals surface area (Å²) >= 11 is 0. The molecule has 1 saturated heterocycles. The molecule has 0 radical (unpaired) electrons. The zero-order chi connectivity index (χ0) is 19.9. The van der Waals surface area contributed by atoms with Gasteiger partial charge in [0, 0.05) is 31.5 Å². The maximum Gasteiger partial charge on any atom is 0.254 e. The number of carbonyl (C=O) groups excluding carboxylic acids is 1. The summed E-state index contributed by atoms with van der Waals surface area (Å²) in [6.45, 7) is 3.19. The molecule has 154 valence electrons. The van der Waals surface area contributed by atoms with Crippen molar-refractivity contribution >= 4 is 23.2 Å². The van der Waals surface area contributed by atoms with Crippen LogP contribution in [0.3, 0.4) is 0 Å². The highest BCUT2D eigenvalue weighted by molar-refractivity contribution is 5.93. The number of amides is 1. The largest absolute Gasteiger partial charge is 0.378 e. The molecule has 4 rings (SSSR count). The Labute approximate surface area is 171 Å². The fourth-order valence-electron chi connectivity index (χ4n) is 3.98. The molecule has 7 nitrogen and oxygen atoms in total. The number of para-hydroxylation sites is 2. The van der Waals surface area contributed by atoms with Crippen molar-refractivity contribution in [3.8, 4) is 0 Å². The molecule has 0 unspecified atom stereocenters. The number of morpholine rings is 1. The van der Waals surface area contributed by atoms with Gasteiger partial charge in [0.25, 0.3) is 5.91 Å². The Kier molecular flexibility index (Phi) is 6.56. The topological polar surface area (TPSA) is 79.4 Å². The van der Waals surface area contributed by atoms with Gasteiger partial charge in [0.1, 0.15) is 0 Å². The molecule has 2 aromatic rings. The van der Waals surface area contributed by atoms with Gasteiger partial charge in [0.15, 0.2) is 0 Å². The van der Waals surface area contributed by atoms with E-state index in [0.29, 0.717) is 11.5 Å². The van der Waals surface area contributed by atoms with E-state index in [4.69, 9.17) is 4.74 Å². The third kappa shape index (κ3) is 5.23. The molecule has 1 amide bonds. The third-order valence-electron chi connectivity index (χ3n) is 5.61. The molecule has 1 aliphatic carbocycles. The first kappa shape index (κ1) is 19.6. The molecular weight excluding hydrogens is 366 g/mol. The van der Waals surface area contributed by atoms with Crippen LogP contribution in [-0.2, 0) is 4.74 Å². The summed E-state index contributed by atoms with van der Waals surface area (Å²) in [5.41, 5.74) is 2.56. The number of rotatable bonds is 5. The average molecular weight is 396 g/mol. The lowest BCUT2D eigenvalue weighted by atomic mass is 10.1. The summed E-state index contributed by atoms with van der Waals surface area (Å²) in [4.78, 5) is 23.6. The van der Waals surface area contributed by atoms with Crippen molar-refractivity contribution in [2.24, 2.45) is 0 Å². The highest BCUT2D eigenvalue weighted by Gasteiger charge is 2.17. The number of hydrogen-bond acceptors (Lipinski definition) is 6. The standard InChI is InChI=1S/C22H29N5O2/c28-21(25-18-7-3-1-2-4-8-18)17-15-23-22(24-16-17)26-19-9-5-6-10-20(19)27-11-13-29-14-12-27/h5-6,9-10,15-16,18H,1-4,7-8,11-14H2,(H,25,28)(H,23,24,26). The van der Waals surface area contributed by atoms with E-state index in [-0.39, 0.29) is 11.9 Å². The summed E-state index contributed by atoms with van der Waals surface area (Å²) in [6.07, 6.45) is 10.2. The van der Waals surface area contributed by atoms with E-state index in [1.54, 1.807) is 12.4 Å². The quantitative estimate of drug-likeness (QED) is 0.755. The van der Waals surface area contributed by atoms with E-state index < -0.39 is 0 Å². The smallest absolute Gasteiger partial charge is 0.254 e. The second kappa shape index (κ2) is 9.69. The third-order valence-corrected chi connectivity index (χ3v) is 5.61. The van der Waals surface area contributed by atoms with Gasteiger partial charge in [-0.3, -0.25) is 4.79 Å². The van der Waals surface area contributed by atoms with Gasteiger partial charge in [-0.15, -0.1) is 0 Å². The Morgan fingerprint density at radius 2 is 1.69 bits per heavy atom. The predicted octanol–water partition coefficient (Wildman–Crippen LogP) is 3.51. The molecule has 1 aliphatic heterocycles. The van der Waals surface area contributed by atoms with Crippen LogP contribution < -0.4 is 15.5 Å². The summed E-state index contributed by atoms with van der Waals surface area (Å²) in [6, 6.07) is 8.38. The predicted molar refractivity (Wildman–Crippen MR) is 114 cm³/mol. The molecule has 29 heavy (non-hydrogen) atoms. The number of nitrogens with one attached hydrogen (secondary N) is 2. The average Bonchev–Trinajstić information content (AvgIpc) is 3.04. The van der Waals surface area contributed by atoms with Crippen molar-refractivity contribution in [1.29, 1.82) is 0 Å². The molecule has 0 bridgehead atoms. The van der Waals surface area contributed by atoms with E-state index in [9.17, 15) is 4.79 Å². The van der Waals surface area contributed by atoms with Crippen molar-refractivity contribution in [2.45, 2.75) is 44.6 Å². The fraction of sp³-hybridized carbons (Fsp3) is 0.500. The number of ether oxygens (including phenoxy) is 1. The number of anilines is 3. The van der Waals surface area contributed by atoms with Crippen molar-refractivity contribution < 1.29 is 9.53 Å². The van der Waals surface area contributed by atoms with Gasteiger partial charge in [0.05, 0.1) is 30.2 Å². The maximum absolute atomic E-state index is 12.5. The minimum absolute atomic E-state index is 0.0860. The molecule has 7 heteroatoms. The van der Waals surface area contributed by atoms with E-state index in [1.807, 2.05) is 18.2 Å². The molecular formula is C22H29N5O2. The van der Waals surface area contributed by atoms with E-state index in [0.717, 1.165) is 50.5 Å². The van der Waals surface area contributed by atoms with Crippen LogP contribution in [0.2, 0.25) is 0 Å². The molecule has 2 aliphatic rings. The Morgan fingerprint density at radius 1 is 1.00 bits per heavy atom. The highest BCUT2D eigenvalue weighted by Crippen LogP contribution is 2.28. The van der Waals surface area contributed by atoms with Gasteiger partial charge in [-0.1, -0.05) is 37.8 Å². The van der Waals surface area contributed by atoms with E-state index in [1.165, 1.54) is 25.7 Å². The summed E-state index contributed by atoms with van der Waals surface area (Å²) in [5.74, 6) is 0.397. The lowest BCUT2D eigenvalue weighted by molar-refractivity contribution is 0.0932. The maximum atomic E-state index is 12.5. The van der Waals surface area contributed by atoms with Gasteiger partial charge < -0.3 is 20.3 Å². The van der Waals surface area contributed by atoms with Crippen LogP contribution in [0.5, 0.6) is 0 Å². The summed E-state index contributed by atoms with van der Waals surface area (Å²) in [7, 11) is 0. The lowest BCUT2D eigenvalue weighted by Crippen LogP contribution is -2.36. The first-order valence-corrected chi connectivity index (χ1v) is 10.6. The Balaban J connectivity index is 1.40. The molecule has 1 aromatic heterocycles.